The molecule has 0 aliphatic carbocycles. The van der Waals surface area contributed by atoms with Crippen molar-refractivity contribution in [3.05, 3.63) is 28.2 Å². The largest absolute Gasteiger partial charge is 0.389 e. The molecular formula is C11H14BrN3OS. The maximum absolute atomic E-state index is 11.7. The van der Waals surface area contributed by atoms with Gasteiger partial charge in [-0.05, 0) is 41.1 Å². The van der Waals surface area contributed by atoms with Crippen molar-refractivity contribution in [1.82, 2.24) is 4.90 Å². The standard InChI is InChI=1S/C11H14BrN3OS/c1-3-15(2)11(16)14-9-5-4-7(10(13)17)6-8(9)12/h4-6H,3H2,1-2H3,(H2,13,17)(H,14,16). The molecule has 0 saturated carbocycles. The molecule has 0 atom stereocenters. The number of anilines is 1. The summed E-state index contributed by atoms with van der Waals surface area (Å²) in [7, 11) is 1.73. The highest BCUT2D eigenvalue weighted by atomic mass is 79.9. The van der Waals surface area contributed by atoms with Crippen molar-refractivity contribution in [3.8, 4) is 0 Å². The van der Waals surface area contributed by atoms with Crippen molar-refractivity contribution in [2.45, 2.75) is 6.92 Å². The van der Waals surface area contributed by atoms with E-state index in [0.717, 1.165) is 10.0 Å². The number of halogens is 1. The molecule has 92 valence electrons. The first-order valence-corrected chi connectivity index (χ1v) is 6.27. The number of benzene rings is 1. The molecule has 1 aromatic carbocycles. The van der Waals surface area contributed by atoms with E-state index in [-0.39, 0.29) is 6.03 Å². The molecule has 4 nitrogen and oxygen atoms in total. The predicted octanol–water partition coefficient (Wildman–Crippen LogP) is 2.57. The van der Waals surface area contributed by atoms with Crippen molar-refractivity contribution >= 4 is 44.9 Å². The SMILES string of the molecule is CCN(C)C(=O)Nc1ccc(C(N)=S)cc1Br. The number of hydrogen-bond acceptors (Lipinski definition) is 2. The number of rotatable bonds is 3. The molecular weight excluding hydrogens is 302 g/mol. The van der Waals surface area contributed by atoms with Gasteiger partial charge in [-0.15, -0.1) is 0 Å². The lowest BCUT2D eigenvalue weighted by Crippen LogP contribution is -2.31. The van der Waals surface area contributed by atoms with E-state index >= 15 is 0 Å². The van der Waals surface area contributed by atoms with Gasteiger partial charge in [-0.3, -0.25) is 0 Å². The zero-order chi connectivity index (χ0) is 13.0. The van der Waals surface area contributed by atoms with Crippen molar-refractivity contribution in [3.63, 3.8) is 0 Å². The molecule has 0 spiro atoms. The Kier molecular flexibility index (Phi) is 4.89. The number of hydrogen-bond donors (Lipinski definition) is 2. The fourth-order valence-corrected chi connectivity index (χ4v) is 1.73. The number of thiocarbonyl (C=S) groups is 1. The molecule has 17 heavy (non-hydrogen) atoms. The molecule has 6 heteroatoms. The minimum Gasteiger partial charge on any atom is -0.389 e. The molecule has 0 aromatic heterocycles. The molecule has 0 unspecified atom stereocenters. The summed E-state index contributed by atoms with van der Waals surface area (Å²) >= 11 is 8.24. The molecule has 0 bridgehead atoms. The van der Waals surface area contributed by atoms with E-state index in [4.69, 9.17) is 18.0 Å². The van der Waals surface area contributed by atoms with Gasteiger partial charge < -0.3 is 16.0 Å². The van der Waals surface area contributed by atoms with Gasteiger partial charge in [0.1, 0.15) is 4.99 Å². The van der Waals surface area contributed by atoms with Gasteiger partial charge in [0.05, 0.1) is 5.69 Å². The molecule has 3 N–H and O–H groups in total. The summed E-state index contributed by atoms with van der Waals surface area (Å²) in [5.74, 6) is 0. The lowest BCUT2D eigenvalue weighted by atomic mass is 10.2. The Bertz CT molecular complexity index is 450. The zero-order valence-electron chi connectivity index (χ0n) is 9.66. The Morgan fingerprint density at radius 1 is 1.59 bits per heavy atom. The van der Waals surface area contributed by atoms with E-state index in [2.05, 4.69) is 21.2 Å². The van der Waals surface area contributed by atoms with Gasteiger partial charge >= 0.3 is 6.03 Å². The third-order valence-electron chi connectivity index (χ3n) is 2.32. The van der Waals surface area contributed by atoms with Gasteiger partial charge in [0.15, 0.2) is 0 Å². The van der Waals surface area contributed by atoms with Crippen LogP contribution < -0.4 is 11.1 Å². The Hall–Kier alpha value is -1.14. The van der Waals surface area contributed by atoms with Crippen LogP contribution in [0.4, 0.5) is 10.5 Å². The molecule has 1 aromatic rings. The van der Waals surface area contributed by atoms with Crippen molar-refractivity contribution in [2.24, 2.45) is 5.73 Å². The van der Waals surface area contributed by atoms with E-state index in [0.29, 0.717) is 17.2 Å². The lowest BCUT2D eigenvalue weighted by Gasteiger charge is -2.16. The molecule has 0 saturated heterocycles. The van der Waals surface area contributed by atoms with E-state index < -0.39 is 0 Å². The zero-order valence-corrected chi connectivity index (χ0v) is 12.1. The van der Waals surface area contributed by atoms with E-state index in [9.17, 15) is 4.79 Å². The van der Waals surface area contributed by atoms with Gasteiger partial charge in [-0.2, -0.15) is 0 Å². The quantitative estimate of drug-likeness (QED) is 0.843. The fourth-order valence-electron chi connectivity index (χ4n) is 1.12. The summed E-state index contributed by atoms with van der Waals surface area (Å²) in [6.07, 6.45) is 0. The molecule has 0 radical (unpaired) electrons. The summed E-state index contributed by atoms with van der Waals surface area (Å²) in [4.78, 5) is 13.6. The summed E-state index contributed by atoms with van der Waals surface area (Å²) < 4.78 is 0.751. The normalized spacial score (nSPS) is 9.82. The Morgan fingerprint density at radius 3 is 2.71 bits per heavy atom. The number of carbonyl (C=O) groups excluding carboxylic acids is 1. The maximum Gasteiger partial charge on any atom is 0.321 e. The van der Waals surface area contributed by atoms with Crippen LogP contribution in [0.2, 0.25) is 0 Å². The minimum atomic E-state index is -0.156. The topological polar surface area (TPSA) is 58.4 Å². The van der Waals surface area contributed by atoms with Gasteiger partial charge in [0.25, 0.3) is 0 Å². The molecule has 1 rings (SSSR count). The van der Waals surface area contributed by atoms with Gasteiger partial charge in [-0.25, -0.2) is 4.79 Å². The first kappa shape index (κ1) is 13.9. The van der Waals surface area contributed by atoms with Crippen LogP contribution in [0.3, 0.4) is 0 Å². The van der Waals surface area contributed by atoms with Crippen LogP contribution >= 0.6 is 28.1 Å². The monoisotopic (exact) mass is 315 g/mol. The molecule has 0 heterocycles. The second kappa shape index (κ2) is 5.97. The van der Waals surface area contributed by atoms with Crippen LogP contribution in [0.25, 0.3) is 0 Å². The van der Waals surface area contributed by atoms with Gasteiger partial charge in [0, 0.05) is 23.6 Å². The number of nitrogens with two attached hydrogens (primary N) is 1. The average molecular weight is 316 g/mol. The highest BCUT2D eigenvalue weighted by Gasteiger charge is 2.09. The lowest BCUT2D eigenvalue weighted by molar-refractivity contribution is 0.224. The highest BCUT2D eigenvalue weighted by molar-refractivity contribution is 9.10. The van der Waals surface area contributed by atoms with Crippen LogP contribution in [-0.4, -0.2) is 29.5 Å². The van der Waals surface area contributed by atoms with Crippen LogP contribution in [-0.2, 0) is 0 Å². The van der Waals surface area contributed by atoms with Crippen molar-refractivity contribution in [2.75, 3.05) is 18.9 Å². The summed E-state index contributed by atoms with van der Waals surface area (Å²) in [6, 6.07) is 5.16. The number of urea groups is 1. The molecule has 0 aliphatic rings. The van der Waals surface area contributed by atoms with E-state index in [1.165, 1.54) is 0 Å². The van der Waals surface area contributed by atoms with E-state index in [1.807, 2.05) is 6.92 Å². The number of nitrogens with zero attached hydrogens (tertiary/aromatic N) is 1. The van der Waals surface area contributed by atoms with Crippen LogP contribution in [0.15, 0.2) is 22.7 Å². The fraction of sp³-hybridized carbons (Fsp3) is 0.273. The third-order valence-corrected chi connectivity index (χ3v) is 3.21. The average Bonchev–Trinajstić information content (AvgIpc) is 2.30. The first-order chi connectivity index (χ1) is 7.95. The predicted molar refractivity (Wildman–Crippen MR) is 77.4 cm³/mol. The van der Waals surface area contributed by atoms with Crippen molar-refractivity contribution < 1.29 is 4.79 Å². The Balaban J connectivity index is 2.86. The van der Waals surface area contributed by atoms with Crippen LogP contribution in [0.5, 0.6) is 0 Å². The van der Waals surface area contributed by atoms with Gasteiger partial charge in [0.2, 0.25) is 0 Å². The van der Waals surface area contributed by atoms with E-state index in [1.54, 1.807) is 30.1 Å². The molecule has 2 amide bonds. The minimum absolute atomic E-state index is 0.156. The van der Waals surface area contributed by atoms with Crippen LogP contribution in [0.1, 0.15) is 12.5 Å². The maximum atomic E-state index is 11.7. The second-order valence-corrected chi connectivity index (χ2v) is 4.80. The summed E-state index contributed by atoms with van der Waals surface area (Å²) in [5.41, 5.74) is 6.97. The first-order valence-electron chi connectivity index (χ1n) is 5.07. The molecule has 0 aliphatic heterocycles. The number of nitrogens with one attached hydrogen (secondary N) is 1. The summed E-state index contributed by atoms with van der Waals surface area (Å²) in [5, 5.41) is 2.78. The van der Waals surface area contributed by atoms with Crippen LogP contribution in [0, 0.1) is 0 Å². The second-order valence-electron chi connectivity index (χ2n) is 3.50. The smallest absolute Gasteiger partial charge is 0.321 e. The van der Waals surface area contributed by atoms with Crippen molar-refractivity contribution in [1.29, 1.82) is 0 Å². The third kappa shape index (κ3) is 3.67. The highest BCUT2D eigenvalue weighted by Crippen LogP contribution is 2.23. The van der Waals surface area contributed by atoms with Gasteiger partial charge in [-0.1, -0.05) is 12.2 Å². The Labute approximate surface area is 114 Å². The summed E-state index contributed by atoms with van der Waals surface area (Å²) in [6.45, 7) is 2.55. The molecule has 0 fully saturated rings. The number of carbonyl (C=O) groups is 1. The Morgan fingerprint density at radius 2 is 2.24 bits per heavy atom. The number of amides is 2.